The van der Waals surface area contributed by atoms with Crippen LogP contribution < -0.4 is 10.6 Å². The fourth-order valence-electron chi connectivity index (χ4n) is 4.43. The summed E-state index contributed by atoms with van der Waals surface area (Å²) in [6.07, 6.45) is -2.32. The molecule has 2 amide bonds. The van der Waals surface area contributed by atoms with Crippen LogP contribution in [0.1, 0.15) is 87.4 Å². The molecule has 204 valence electrons. The number of hydrogen-bond donors (Lipinski definition) is 2. The number of carbonyl (C=O) groups excluding carboxylic acids is 2. The molecule has 1 aliphatic rings. The molecule has 1 aliphatic carbocycles. The largest absolute Gasteiger partial charge is 0.416 e. The zero-order chi connectivity index (χ0) is 27.5. The molecule has 1 aromatic heterocycles. The summed E-state index contributed by atoms with van der Waals surface area (Å²) in [5.41, 5.74) is -1.39. The Morgan fingerprint density at radius 3 is 2.49 bits per heavy atom. The average molecular weight is 524 g/mol. The Balaban J connectivity index is 1.69. The average Bonchev–Trinajstić information content (AvgIpc) is 3.32. The third kappa shape index (κ3) is 7.30. The van der Waals surface area contributed by atoms with Gasteiger partial charge in [-0.1, -0.05) is 32.0 Å². The minimum absolute atomic E-state index is 0.168. The molecule has 0 radical (unpaired) electrons. The van der Waals surface area contributed by atoms with Gasteiger partial charge in [0.05, 0.1) is 18.0 Å². The first kappa shape index (κ1) is 28.6. The number of aromatic nitrogens is 2. The second-order valence-corrected chi connectivity index (χ2v) is 11.0. The first-order valence-electron chi connectivity index (χ1n) is 12.5. The predicted molar refractivity (Wildman–Crippen MR) is 132 cm³/mol. The van der Waals surface area contributed by atoms with Crippen molar-refractivity contribution in [1.82, 2.24) is 25.7 Å². The maximum atomic E-state index is 13.0. The van der Waals surface area contributed by atoms with Crippen LogP contribution in [0.3, 0.4) is 0 Å². The summed E-state index contributed by atoms with van der Waals surface area (Å²) in [5.74, 6) is -0.370. The summed E-state index contributed by atoms with van der Waals surface area (Å²) in [6.45, 7) is 9.85. The third-order valence-electron chi connectivity index (χ3n) is 6.85. The Kier molecular flexibility index (Phi) is 8.66. The zero-order valence-corrected chi connectivity index (χ0v) is 22.1. The van der Waals surface area contributed by atoms with E-state index in [2.05, 4.69) is 46.6 Å². The van der Waals surface area contributed by atoms with Gasteiger partial charge in [-0.05, 0) is 58.4 Å². The van der Waals surface area contributed by atoms with Crippen LogP contribution in [0.2, 0.25) is 0 Å². The molecule has 3 atom stereocenters. The topological polar surface area (TPSA) is 100 Å². The van der Waals surface area contributed by atoms with Gasteiger partial charge in [0.2, 0.25) is 11.8 Å². The van der Waals surface area contributed by atoms with Gasteiger partial charge in [0.25, 0.3) is 5.91 Å². The van der Waals surface area contributed by atoms with Gasteiger partial charge < -0.3 is 20.1 Å². The van der Waals surface area contributed by atoms with E-state index >= 15 is 0 Å². The molecule has 3 rings (SSSR count). The Bertz CT molecular complexity index is 1090. The molecule has 1 fully saturated rings. The summed E-state index contributed by atoms with van der Waals surface area (Å²) < 4.78 is 44.5. The Labute approximate surface area is 215 Å². The lowest BCUT2D eigenvalue weighted by molar-refractivity contribution is -0.137. The van der Waals surface area contributed by atoms with Gasteiger partial charge in [-0.15, -0.1) is 0 Å². The first-order valence-corrected chi connectivity index (χ1v) is 12.5. The highest BCUT2D eigenvalue weighted by molar-refractivity contribution is 5.96. The summed E-state index contributed by atoms with van der Waals surface area (Å²) in [4.78, 5) is 32.1. The van der Waals surface area contributed by atoms with Crippen molar-refractivity contribution in [3.63, 3.8) is 0 Å². The van der Waals surface area contributed by atoms with Crippen LogP contribution in [0.4, 0.5) is 13.2 Å². The summed E-state index contributed by atoms with van der Waals surface area (Å²) in [5, 5.41) is 9.53. The molecule has 2 aromatic rings. The van der Waals surface area contributed by atoms with Crippen LogP contribution in [0.15, 0.2) is 28.8 Å². The molecule has 8 nitrogen and oxygen atoms in total. The van der Waals surface area contributed by atoms with Gasteiger partial charge in [-0.3, -0.25) is 9.59 Å². The second kappa shape index (κ2) is 11.2. The van der Waals surface area contributed by atoms with Crippen molar-refractivity contribution in [2.45, 2.75) is 89.5 Å². The Hall–Kier alpha value is -2.95. The van der Waals surface area contributed by atoms with Crippen molar-refractivity contribution in [2.24, 2.45) is 0 Å². The van der Waals surface area contributed by atoms with Crippen LogP contribution in [0.25, 0.3) is 0 Å². The maximum Gasteiger partial charge on any atom is 0.416 e. The highest BCUT2D eigenvalue weighted by atomic mass is 19.4. The van der Waals surface area contributed by atoms with Crippen molar-refractivity contribution in [3.8, 4) is 0 Å². The Morgan fingerprint density at radius 2 is 1.89 bits per heavy atom. The number of carbonyl (C=O) groups is 2. The highest BCUT2D eigenvalue weighted by Gasteiger charge is 2.38. The summed E-state index contributed by atoms with van der Waals surface area (Å²) >= 11 is 0. The van der Waals surface area contributed by atoms with Gasteiger partial charge in [0.1, 0.15) is 0 Å². The molecule has 0 unspecified atom stereocenters. The molecule has 0 saturated heterocycles. The zero-order valence-electron chi connectivity index (χ0n) is 22.1. The first-order chi connectivity index (χ1) is 17.2. The predicted octanol–water partition coefficient (Wildman–Crippen LogP) is 4.28. The standard InChI is InChI=1S/C26H36F3N5O3/c1-15(2)34(6)18-10-11-20(19(13-18)23-32-24(33-37-23)25(3,4)5)31-21(35)14-30-22(36)16-8-7-9-17(12-16)26(27,28)29/h7-9,12,15,18-20H,10-11,13-14H2,1-6H3,(H,30,36)(H,31,35)/t18-,19-,20+/m1/s1. The minimum atomic E-state index is -4.56. The number of nitrogens with zero attached hydrogens (tertiary/aromatic N) is 3. The lowest BCUT2D eigenvalue weighted by atomic mass is 9.80. The van der Waals surface area contributed by atoms with Crippen LogP contribution in [0, 0.1) is 0 Å². The molecule has 11 heteroatoms. The van der Waals surface area contributed by atoms with Crippen LogP contribution >= 0.6 is 0 Å². The van der Waals surface area contributed by atoms with E-state index in [9.17, 15) is 22.8 Å². The van der Waals surface area contributed by atoms with Gasteiger partial charge in [0.15, 0.2) is 5.82 Å². The van der Waals surface area contributed by atoms with E-state index in [1.165, 1.54) is 6.07 Å². The highest BCUT2D eigenvalue weighted by Crippen LogP contribution is 2.36. The number of amides is 2. The van der Waals surface area contributed by atoms with Crippen LogP contribution in [-0.4, -0.2) is 58.6 Å². The van der Waals surface area contributed by atoms with Gasteiger partial charge in [-0.2, -0.15) is 18.2 Å². The molecule has 37 heavy (non-hydrogen) atoms. The lowest BCUT2D eigenvalue weighted by Gasteiger charge is -2.40. The van der Waals surface area contributed by atoms with E-state index in [4.69, 9.17) is 4.52 Å². The number of alkyl halides is 3. The van der Waals surface area contributed by atoms with E-state index in [0.717, 1.165) is 24.6 Å². The molecule has 0 bridgehead atoms. The van der Waals surface area contributed by atoms with E-state index in [1.54, 1.807) is 0 Å². The van der Waals surface area contributed by atoms with E-state index in [0.29, 0.717) is 30.6 Å². The summed E-state index contributed by atoms with van der Waals surface area (Å²) in [6, 6.07) is 4.40. The van der Waals surface area contributed by atoms with E-state index < -0.39 is 23.6 Å². The number of benzene rings is 1. The molecule has 1 saturated carbocycles. The van der Waals surface area contributed by atoms with Gasteiger partial charge in [-0.25, -0.2) is 0 Å². The fraction of sp³-hybridized carbons (Fsp3) is 0.615. The quantitative estimate of drug-likeness (QED) is 0.562. The van der Waals surface area contributed by atoms with E-state index in [-0.39, 0.29) is 35.5 Å². The van der Waals surface area contributed by atoms with Gasteiger partial charge in [0, 0.05) is 29.1 Å². The smallest absolute Gasteiger partial charge is 0.351 e. The minimum Gasteiger partial charge on any atom is -0.351 e. The van der Waals surface area contributed by atoms with E-state index in [1.807, 2.05) is 20.8 Å². The lowest BCUT2D eigenvalue weighted by Crippen LogP contribution is -2.50. The van der Waals surface area contributed by atoms with Crippen LogP contribution in [0.5, 0.6) is 0 Å². The van der Waals surface area contributed by atoms with Crippen molar-refractivity contribution >= 4 is 11.8 Å². The summed E-state index contributed by atoms with van der Waals surface area (Å²) in [7, 11) is 2.07. The number of rotatable bonds is 7. The van der Waals surface area contributed by atoms with Crippen molar-refractivity contribution in [1.29, 1.82) is 0 Å². The molecule has 0 aliphatic heterocycles. The molecule has 2 N–H and O–H groups in total. The molecule has 1 aromatic carbocycles. The monoisotopic (exact) mass is 523 g/mol. The third-order valence-corrected chi connectivity index (χ3v) is 6.85. The van der Waals surface area contributed by atoms with Crippen molar-refractivity contribution < 1.29 is 27.3 Å². The SMILES string of the molecule is CC(C)N(C)[C@@H]1CC[C@H](NC(=O)CNC(=O)c2cccc(C(F)(F)F)c2)[C@H](c2nc(C(C)(C)C)no2)C1. The van der Waals surface area contributed by atoms with Crippen molar-refractivity contribution in [2.75, 3.05) is 13.6 Å². The molecular formula is C26H36F3N5O3. The number of halogens is 3. The molecular weight excluding hydrogens is 487 g/mol. The van der Waals surface area contributed by atoms with Crippen molar-refractivity contribution in [3.05, 3.63) is 47.1 Å². The van der Waals surface area contributed by atoms with Gasteiger partial charge >= 0.3 is 6.18 Å². The number of nitrogens with one attached hydrogen (secondary N) is 2. The number of hydrogen-bond acceptors (Lipinski definition) is 6. The maximum absolute atomic E-state index is 13.0. The second-order valence-electron chi connectivity index (χ2n) is 11.0. The molecule has 1 heterocycles. The Morgan fingerprint density at radius 1 is 1.19 bits per heavy atom. The van der Waals surface area contributed by atoms with Crippen LogP contribution in [-0.2, 0) is 16.4 Å². The molecule has 0 spiro atoms. The fourth-order valence-corrected chi connectivity index (χ4v) is 4.43. The normalized spacial score (nSPS) is 20.8.